The summed E-state index contributed by atoms with van der Waals surface area (Å²) in [4.78, 5) is 27.1. The Morgan fingerprint density at radius 3 is 2.28 bits per heavy atom. The van der Waals surface area contributed by atoms with E-state index in [0.717, 1.165) is 59.2 Å². The van der Waals surface area contributed by atoms with Crippen molar-refractivity contribution in [2.75, 3.05) is 37.0 Å². The largest absolute Gasteiger partial charge is 0.457 e. The van der Waals surface area contributed by atoms with Crippen LogP contribution in [0.25, 0.3) is 44.7 Å². The molecule has 3 aliphatic heterocycles. The second-order valence-corrected chi connectivity index (χ2v) is 16.1. The van der Waals surface area contributed by atoms with E-state index >= 15 is 0 Å². The van der Waals surface area contributed by atoms with E-state index in [9.17, 15) is 4.79 Å². The summed E-state index contributed by atoms with van der Waals surface area (Å²) in [5.41, 5.74) is 9.20. The number of para-hydroxylation sites is 2. The number of aromatic nitrogens is 2. The van der Waals surface area contributed by atoms with Crippen LogP contribution in [0.5, 0.6) is 0 Å². The van der Waals surface area contributed by atoms with Crippen LogP contribution in [-0.2, 0) is 22.6 Å². The third kappa shape index (κ3) is 6.14. The van der Waals surface area contributed by atoms with Crippen LogP contribution in [0, 0.1) is 6.57 Å². The minimum Gasteiger partial charge on any atom is -0.457 e. The second kappa shape index (κ2) is 13.1. The van der Waals surface area contributed by atoms with Crippen molar-refractivity contribution in [2.45, 2.75) is 51.4 Å². The minimum atomic E-state index is -0.400. The quantitative estimate of drug-likeness (QED) is 0.129. The summed E-state index contributed by atoms with van der Waals surface area (Å²) in [6, 6.07) is 20.3. The summed E-state index contributed by atoms with van der Waals surface area (Å²) in [6.07, 6.45) is 13.2. The van der Waals surface area contributed by atoms with Crippen LogP contribution in [0.3, 0.4) is 0 Å². The summed E-state index contributed by atoms with van der Waals surface area (Å²) < 4.78 is 14.6. The van der Waals surface area contributed by atoms with Gasteiger partial charge in [0.15, 0.2) is 0 Å². The molecule has 0 radical (unpaired) electrons. The molecular formula is C46H45N5O3. The second-order valence-electron chi connectivity index (χ2n) is 16.1. The van der Waals surface area contributed by atoms with Gasteiger partial charge < -0.3 is 23.5 Å². The molecule has 0 unspecified atom stereocenters. The topological polar surface area (TPSA) is 68.1 Å². The van der Waals surface area contributed by atoms with E-state index in [2.05, 4.69) is 72.7 Å². The lowest BCUT2D eigenvalue weighted by Gasteiger charge is -2.48. The van der Waals surface area contributed by atoms with Gasteiger partial charge in [-0.05, 0) is 107 Å². The zero-order valence-electron chi connectivity index (χ0n) is 32.0. The van der Waals surface area contributed by atoms with Crippen molar-refractivity contribution in [3.05, 3.63) is 152 Å². The van der Waals surface area contributed by atoms with Crippen LogP contribution < -0.4 is 15.4 Å². The van der Waals surface area contributed by atoms with Crippen molar-refractivity contribution in [2.24, 2.45) is 7.05 Å². The summed E-state index contributed by atoms with van der Waals surface area (Å²) >= 11 is 0. The van der Waals surface area contributed by atoms with E-state index in [1.807, 2.05) is 80.3 Å². The van der Waals surface area contributed by atoms with Crippen molar-refractivity contribution in [1.82, 2.24) is 9.55 Å². The fourth-order valence-electron chi connectivity index (χ4n) is 7.96. The Bertz CT molecular complexity index is 2600. The lowest BCUT2D eigenvalue weighted by molar-refractivity contribution is 0.332. The highest BCUT2D eigenvalue weighted by Gasteiger charge is 2.42. The first-order chi connectivity index (χ1) is 25.8. The number of allylic oxidation sites excluding steroid dienone is 5. The molecule has 0 saturated heterocycles. The number of anilines is 2. The summed E-state index contributed by atoms with van der Waals surface area (Å²) in [7, 11) is 5.95. The SMILES string of the molecule is [C-]#[N+]/C(=C1C=C(/C=C/c2ccc(N(C)C)cc2)OC(/C=C/c2cc3cc4c5c(c3oc2=O)C(C)(C)CCN5CCC4(C)C)=C\1)c1nc2ccccc2n1C. The zero-order chi connectivity index (χ0) is 37.9. The number of aryl methyl sites for hydroxylation is 1. The van der Waals surface area contributed by atoms with Crippen molar-refractivity contribution in [1.29, 1.82) is 0 Å². The van der Waals surface area contributed by atoms with Gasteiger partial charge in [0.25, 0.3) is 0 Å². The van der Waals surface area contributed by atoms with E-state index in [1.54, 1.807) is 12.2 Å². The lowest BCUT2D eigenvalue weighted by Crippen LogP contribution is -2.44. The highest BCUT2D eigenvalue weighted by molar-refractivity contribution is 5.91. The number of imidazole rings is 1. The average molecular weight is 716 g/mol. The molecular weight excluding hydrogens is 671 g/mol. The van der Waals surface area contributed by atoms with Gasteiger partial charge in [-0.1, -0.05) is 58.0 Å². The van der Waals surface area contributed by atoms with E-state index in [0.29, 0.717) is 39.8 Å². The Balaban J connectivity index is 1.22. The number of fused-ring (bicyclic) bond motifs is 3. The number of benzene rings is 3. The number of hydrogen-bond acceptors (Lipinski definition) is 6. The van der Waals surface area contributed by atoms with Crippen LogP contribution in [0.4, 0.5) is 11.4 Å². The first-order valence-electron chi connectivity index (χ1n) is 18.5. The van der Waals surface area contributed by atoms with E-state index < -0.39 is 5.63 Å². The molecule has 0 spiro atoms. The van der Waals surface area contributed by atoms with E-state index in [4.69, 9.17) is 20.7 Å². The average Bonchev–Trinajstić information content (AvgIpc) is 3.48. The summed E-state index contributed by atoms with van der Waals surface area (Å²) in [5, 5.41) is 0.924. The van der Waals surface area contributed by atoms with Gasteiger partial charge in [-0.3, -0.25) is 0 Å². The number of rotatable bonds is 6. The highest BCUT2D eigenvalue weighted by Crippen LogP contribution is 2.51. The molecule has 0 aliphatic carbocycles. The molecule has 5 aromatic rings. The molecule has 54 heavy (non-hydrogen) atoms. The Hall–Kier alpha value is -6.07. The molecule has 8 rings (SSSR count). The van der Waals surface area contributed by atoms with E-state index in [-0.39, 0.29) is 10.8 Å². The molecule has 0 amide bonds. The van der Waals surface area contributed by atoms with Gasteiger partial charge in [-0.15, -0.1) is 0 Å². The fraction of sp³-hybridized carbons (Fsp3) is 0.283. The van der Waals surface area contributed by atoms with Crippen LogP contribution in [0.1, 0.15) is 68.6 Å². The normalized spacial score (nSPS) is 18.4. The molecule has 0 atom stereocenters. The molecule has 2 aromatic heterocycles. The summed E-state index contributed by atoms with van der Waals surface area (Å²) in [5.74, 6) is 1.59. The molecule has 0 fully saturated rings. The molecule has 3 aromatic carbocycles. The molecule has 0 bridgehead atoms. The van der Waals surface area contributed by atoms with Crippen molar-refractivity contribution in [3.63, 3.8) is 0 Å². The maximum Gasteiger partial charge on any atom is 0.343 e. The molecule has 8 heteroatoms. The van der Waals surface area contributed by atoms with Gasteiger partial charge in [-0.2, -0.15) is 0 Å². The van der Waals surface area contributed by atoms with Crippen LogP contribution >= 0.6 is 0 Å². The maximum atomic E-state index is 13.7. The standard InChI is InChI=1S/C46H45N5O3/c1-45(2)21-23-51-24-22-46(3,4)39-41(51)36(45)28-32-25-30(44(52)54-42(32)39)16-20-35-27-31(40(47-5)43-48-37-11-9-10-12-38(37)50(43)8)26-34(53-35)19-15-29-13-17-33(18-14-29)49(6)7/h9-20,25-28H,21-24H2,1-4,6-8H3/b19-15+,20-16+,40-31+. The number of ether oxygens (including phenoxy) is 1. The van der Waals surface area contributed by atoms with Gasteiger partial charge >= 0.3 is 5.63 Å². The monoisotopic (exact) mass is 715 g/mol. The van der Waals surface area contributed by atoms with Gasteiger partial charge in [-0.25, -0.2) is 14.6 Å². The van der Waals surface area contributed by atoms with Gasteiger partial charge in [0.2, 0.25) is 5.70 Å². The Kier molecular flexibility index (Phi) is 8.49. The van der Waals surface area contributed by atoms with E-state index in [1.165, 1.54) is 11.3 Å². The highest BCUT2D eigenvalue weighted by atomic mass is 16.5. The molecule has 5 heterocycles. The van der Waals surface area contributed by atoms with Crippen LogP contribution in [-0.4, -0.2) is 36.7 Å². The van der Waals surface area contributed by atoms with Crippen LogP contribution in [0.2, 0.25) is 0 Å². The number of hydrogen-bond donors (Lipinski definition) is 0. The van der Waals surface area contributed by atoms with Crippen LogP contribution in [0.15, 0.2) is 111 Å². The predicted molar refractivity (Wildman–Crippen MR) is 220 cm³/mol. The van der Waals surface area contributed by atoms with Gasteiger partial charge in [0, 0.05) is 56.6 Å². The first kappa shape index (κ1) is 35.0. The lowest BCUT2D eigenvalue weighted by atomic mass is 9.69. The Labute approximate surface area is 316 Å². The maximum absolute atomic E-state index is 13.7. The first-order valence-corrected chi connectivity index (χ1v) is 18.5. The van der Waals surface area contributed by atoms with Gasteiger partial charge in [0.05, 0.1) is 23.2 Å². The molecule has 272 valence electrons. The van der Waals surface area contributed by atoms with Crippen molar-refractivity contribution < 1.29 is 9.15 Å². The number of nitrogens with zero attached hydrogens (tertiary/aromatic N) is 5. The molecule has 8 nitrogen and oxygen atoms in total. The molecule has 0 saturated carbocycles. The Morgan fingerprint density at radius 2 is 1.59 bits per heavy atom. The smallest absolute Gasteiger partial charge is 0.343 e. The van der Waals surface area contributed by atoms with Crippen molar-refractivity contribution in [3.8, 4) is 0 Å². The summed E-state index contributed by atoms with van der Waals surface area (Å²) in [6.45, 7) is 19.4. The van der Waals surface area contributed by atoms with Crippen molar-refractivity contribution >= 4 is 51.2 Å². The predicted octanol–water partition coefficient (Wildman–Crippen LogP) is 9.77. The Morgan fingerprint density at radius 1 is 0.907 bits per heavy atom. The molecule has 3 aliphatic rings. The fourth-order valence-corrected chi connectivity index (χ4v) is 7.96. The van der Waals surface area contributed by atoms with Gasteiger partial charge in [0.1, 0.15) is 22.9 Å². The minimum absolute atomic E-state index is 0.00211. The third-order valence-electron chi connectivity index (χ3n) is 11.3. The molecule has 0 N–H and O–H groups in total. The zero-order valence-corrected chi connectivity index (χ0v) is 32.0. The third-order valence-corrected chi connectivity index (χ3v) is 11.3.